The quantitative estimate of drug-likeness (QED) is 0.409. The highest BCUT2D eigenvalue weighted by molar-refractivity contribution is 6.04. The van der Waals surface area contributed by atoms with Crippen LogP contribution in [0.2, 0.25) is 0 Å². The topological polar surface area (TPSA) is 77.1 Å². The van der Waals surface area contributed by atoms with E-state index in [1.807, 2.05) is 0 Å². The van der Waals surface area contributed by atoms with E-state index in [2.05, 4.69) is 5.16 Å². The van der Waals surface area contributed by atoms with Crippen molar-refractivity contribution in [3.63, 3.8) is 0 Å². The Labute approximate surface area is 80.7 Å². The molecule has 0 fully saturated rings. The molecule has 0 atom stereocenters. The summed E-state index contributed by atoms with van der Waals surface area (Å²) in [6, 6.07) is 5.36. The van der Waals surface area contributed by atoms with Crippen molar-refractivity contribution in [2.75, 3.05) is 13.3 Å². The van der Waals surface area contributed by atoms with Gasteiger partial charge in [0.1, 0.15) is 5.71 Å². The van der Waals surface area contributed by atoms with Gasteiger partial charge in [-0.2, -0.15) is 0 Å². The van der Waals surface area contributed by atoms with Gasteiger partial charge in [-0.3, -0.25) is 0 Å². The second kappa shape index (κ2) is 3.55. The van der Waals surface area contributed by atoms with Crippen molar-refractivity contribution in [1.82, 2.24) is 0 Å². The number of nitrogens with zero attached hydrogens (tertiary/aromatic N) is 1. The molecule has 5 heteroatoms. The summed E-state index contributed by atoms with van der Waals surface area (Å²) < 4.78 is 10.4. The first-order valence-electron chi connectivity index (χ1n) is 4.17. The Balaban J connectivity index is 2.49. The fourth-order valence-electron chi connectivity index (χ4n) is 1.36. The van der Waals surface area contributed by atoms with Crippen LogP contribution in [-0.4, -0.2) is 24.3 Å². The third-order valence-corrected chi connectivity index (χ3v) is 2.02. The predicted octanol–water partition coefficient (Wildman–Crippen LogP) is 0.552. The first-order valence-corrected chi connectivity index (χ1v) is 4.17. The van der Waals surface area contributed by atoms with Crippen molar-refractivity contribution in [2.45, 2.75) is 0 Å². The summed E-state index contributed by atoms with van der Waals surface area (Å²) in [5, 5.41) is 11.8. The van der Waals surface area contributed by atoms with Crippen molar-refractivity contribution in [3.05, 3.63) is 23.8 Å². The Kier molecular flexibility index (Phi) is 2.24. The third kappa shape index (κ3) is 1.27. The second-order valence-electron chi connectivity index (χ2n) is 2.79. The zero-order valence-corrected chi connectivity index (χ0v) is 7.43. The van der Waals surface area contributed by atoms with Gasteiger partial charge in [-0.05, 0) is 12.1 Å². The van der Waals surface area contributed by atoms with Crippen LogP contribution in [0.5, 0.6) is 11.5 Å². The van der Waals surface area contributed by atoms with Gasteiger partial charge in [0.25, 0.3) is 0 Å². The van der Waals surface area contributed by atoms with E-state index in [0.29, 0.717) is 22.8 Å². The van der Waals surface area contributed by atoms with Gasteiger partial charge in [-0.25, -0.2) is 0 Å². The van der Waals surface area contributed by atoms with E-state index in [1.165, 1.54) is 0 Å². The van der Waals surface area contributed by atoms with Crippen LogP contribution < -0.4 is 15.2 Å². The summed E-state index contributed by atoms with van der Waals surface area (Å²) in [6.07, 6.45) is 0. The Morgan fingerprint density at radius 2 is 2.36 bits per heavy atom. The van der Waals surface area contributed by atoms with Gasteiger partial charge in [0, 0.05) is 12.1 Å². The average molecular weight is 194 g/mol. The summed E-state index contributed by atoms with van der Waals surface area (Å²) in [5.74, 6) is 1.24. The SMILES string of the molecule is NC/C(=N\O)c1cccc2c1OCO2. The van der Waals surface area contributed by atoms with Crippen LogP contribution >= 0.6 is 0 Å². The molecule has 0 aliphatic carbocycles. The maximum absolute atomic E-state index is 8.72. The number of nitrogens with two attached hydrogens (primary N) is 1. The van der Waals surface area contributed by atoms with Gasteiger partial charge in [-0.1, -0.05) is 11.2 Å². The molecule has 0 saturated heterocycles. The van der Waals surface area contributed by atoms with E-state index in [1.54, 1.807) is 18.2 Å². The lowest BCUT2D eigenvalue weighted by atomic mass is 10.1. The van der Waals surface area contributed by atoms with Crippen molar-refractivity contribution in [2.24, 2.45) is 10.9 Å². The molecule has 5 nitrogen and oxygen atoms in total. The number of fused-ring (bicyclic) bond motifs is 1. The molecular weight excluding hydrogens is 184 g/mol. The van der Waals surface area contributed by atoms with Crippen molar-refractivity contribution >= 4 is 5.71 Å². The monoisotopic (exact) mass is 194 g/mol. The number of ether oxygens (including phenoxy) is 2. The Bertz CT molecular complexity index is 376. The minimum atomic E-state index is 0.149. The molecule has 0 saturated carbocycles. The molecular formula is C9H10N2O3. The molecule has 0 spiro atoms. The van der Waals surface area contributed by atoms with Crippen LogP contribution in [0.3, 0.4) is 0 Å². The van der Waals surface area contributed by atoms with Gasteiger partial charge in [0.15, 0.2) is 11.5 Å². The Morgan fingerprint density at radius 1 is 1.50 bits per heavy atom. The van der Waals surface area contributed by atoms with E-state index in [0.717, 1.165) is 0 Å². The van der Waals surface area contributed by atoms with Crippen LogP contribution in [0.4, 0.5) is 0 Å². The molecule has 2 rings (SSSR count). The van der Waals surface area contributed by atoms with Crippen LogP contribution in [0.25, 0.3) is 0 Å². The predicted molar refractivity (Wildman–Crippen MR) is 49.9 cm³/mol. The molecule has 1 aromatic carbocycles. The summed E-state index contributed by atoms with van der Waals surface area (Å²) in [4.78, 5) is 0. The minimum Gasteiger partial charge on any atom is -0.454 e. The van der Waals surface area contributed by atoms with Gasteiger partial charge in [0.2, 0.25) is 6.79 Å². The normalized spacial score (nSPS) is 14.5. The van der Waals surface area contributed by atoms with Gasteiger partial charge < -0.3 is 20.4 Å². The number of benzene rings is 1. The smallest absolute Gasteiger partial charge is 0.231 e. The molecule has 1 aromatic rings. The van der Waals surface area contributed by atoms with Crippen LogP contribution in [-0.2, 0) is 0 Å². The first-order chi connectivity index (χ1) is 6.86. The lowest BCUT2D eigenvalue weighted by Crippen LogP contribution is -2.15. The molecule has 14 heavy (non-hydrogen) atoms. The second-order valence-corrected chi connectivity index (χ2v) is 2.79. The molecule has 0 aromatic heterocycles. The molecule has 74 valence electrons. The van der Waals surface area contributed by atoms with E-state index >= 15 is 0 Å². The highest BCUT2D eigenvalue weighted by Gasteiger charge is 2.19. The summed E-state index contributed by atoms with van der Waals surface area (Å²) in [7, 11) is 0. The van der Waals surface area contributed by atoms with Crippen molar-refractivity contribution in [3.8, 4) is 11.5 Å². The van der Waals surface area contributed by atoms with E-state index < -0.39 is 0 Å². The van der Waals surface area contributed by atoms with Gasteiger partial charge >= 0.3 is 0 Å². The van der Waals surface area contributed by atoms with Gasteiger partial charge in [-0.15, -0.1) is 0 Å². The zero-order chi connectivity index (χ0) is 9.97. The lowest BCUT2D eigenvalue weighted by Gasteiger charge is -2.04. The number of rotatable bonds is 2. The first kappa shape index (κ1) is 8.83. The maximum Gasteiger partial charge on any atom is 0.231 e. The van der Waals surface area contributed by atoms with E-state index in [9.17, 15) is 0 Å². The summed E-state index contributed by atoms with van der Waals surface area (Å²) in [6.45, 7) is 0.339. The molecule has 0 bridgehead atoms. The third-order valence-electron chi connectivity index (χ3n) is 2.02. The molecule has 1 aliphatic rings. The zero-order valence-electron chi connectivity index (χ0n) is 7.43. The van der Waals surface area contributed by atoms with Gasteiger partial charge in [0.05, 0.1) is 0 Å². The number of hydrogen-bond donors (Lipinski definition) is 2. The Morgan fingerprint density at radius 3 is 3.07 bits per heavy atom. The molecule has 0 radical (unpaired) electrons. The molecule has 1 aliphatic heterocycles. The van der Waals surface area contributed by atoms with Crippen LogP contribution in [0.1, 0.15) is 5.56 Å². The summed E-state index contributed by atoms with van der Waals surface area (Å²) in [5.41, 5.74) is 6.48. The highest BCUT2D eigenvalue weighted by Crippen LogP contribution is 2.35. The molecule has 0 amide bonds. The number of para-hydroxylation sites is 1. The van der Waals surface area contributed by atoms with Crippen LogP contribution in [0, 0.1) is 0 Å². The Hall–Kier alpha value is -1.75. The molecule has 3 N–H and O–H groups in total. The molecule has 0 unspecified atom stereocenters. The average Bonchev–Trinajstić information content (AvgIpc) is 2.68. The standard InChI is InChI=1S/C9H10N2O3/c10-4-7(11-12)6-2-1-3-8-9(6)14-5-13-8/h1-3,12H,4-5,10H2/b11-7+. The van der Waals surface area contributed by atoms with E-state index in [-0.39, 0.29) is 13.3 Å². The molecule has 1 heterocycles. The number of oxime groups is 1. The maximum atomic E-state index is 8.72. The summed E-state index contributed by atoms with van der Waals surface area (Å²) >= 11 is 0. The van der Waals surface area contributed by atoms with Crippen molar-refractivity contribution < 1.29 is 14.7 Å². The minimum absolute atomic E-state index is 0.149. The van der Waals surface area contributed by atoms with Crippen molar-refractivity contribution in [1.29, 1.82) is 0 Å². The fourth-order valence-corrected chi connectivity index (χ4v) is 1.36. The highest BCUT2D eigenvalue weighted by atomic mass is 16.7. The van der Waals surface area contributed by atoms with E-state index in [4.69, 9.17) is 20.4 Å². The number of hydrogen-bond acceptors (Lipinski definition) is 5. The largest absolute Gasteiger partial charge is 0.454 e. The van der Waals surface area contributed by atoms with Crippen LogP contribution in [0.15, 0.2) is 23.4 Å². The fraction of sp³-hybridized carbons (Fsp3) is 0.222. The lowest BCUT2D eigenvalue weighted by molar-refractivity contribution is 0.173.